The first-order valence-corrected chi connectivity index (χ1v) is 9.58. The lowest BCUT2D eigenvalue weighted by molar-refractivity contribution is -0.0632. The SMILES string of the molecule is Cc1ncc(C(CNC(=O)c2c(C)cccc2Cl)N2CCC(F)(F)CC2)cn1. The summed E-state index contributed by atoms with van der Waals surface area (Å²) in [4.78, 5) is 23.1. The molecule has 0 spiro atoms. The van der Waals surface area contributed by atoms with E-state index in [9.17, 15) is 13.6 Å². The summed E-state index contributed by atoms with van der Waals surface area (Å²) < 4.78 is 27.2. The molecule has 0 radical (unpaired) electrons. The minimum absolute atomic E-state index is 0.201. The number of aryl methyl sites for hydroxylation is 2. The number of nitrogens with zero attached hydrogens (tertiary/aromatic N) is 3. The number of piperidine rings is 1. The zero-order valence-electron chi connectivity index (χ0n) is 15.9. The molecule has 0 aliphatic carbocycles. The van der Waals surface area contributed by atoms with Crippen LogP contribution in [0.4, 0.5) is 8.78 Å². The van der Waals surface area contributed by atoms with Gasteiger partial charge in [0.2, 0.25) is 0 Å². The molecule has 2 heterocycles. The Kier molecular flexibility index (Phi) is 6.25. The maximum absolute atomic E-state index is 13.6. The molecule has 1 unspecified atom stereocenters. The molecule has 1 N–H and O–H groups in total. The molecule has 0 saturated carbocycles. The summed E-state index contributed by atoms with van der Waals surface area (Å²) in [5, 5.41) is 3.28. The van der Waals surface area contributed by atoms with E-state index in [0.29, 0.717) is 16.4 Å². The van der Waals surface area contributed by atoms with Crippen molar-refractivity contribution in [3.63, 3.8) is 0 Å². The van der Waals surface area contributed by atoms with Gasteiger partial charge in [0.15, 0.2) is 0 Å². The van der Waals surface area contributed by atoms with Crippen molar-refractivity contribution in [3.8, 4) is 0 Å². The molecule has 1 aromatic heterocycles. The lowest BCUT2D eigenvalue weighted by Gasteiger charge is -2.37. The Hall–Kier alpha value is -2.12. The second kappa shape index (κ2) is 8.49. The van der Waals surface area contributed by atoms with E-state index in [2.05, 4.69) is 15.3 Å². The quantitative estimate of drug-likeness (QED) is 0.813. The fourth-order valence-corrected chi connectivity index (χ4v) is 3.70. The number of carbonyl (C=O) groups is 1. The fourth-order valence-electron chi connectivity index (χ4n) is 3.39. The summed E-state index contributed by atoms with van der Waals surface area (Å²) in [6, 6.07) is 4.98. The van der Waals surface area contributed by atoms with Crippen LogP contribution in [0.3, 0.4) is 0 Å². The van der Waals surface area contributed by atoms with Gasteiger partial charge in [-0.3, -0.25) is 9.69 Å². The Bertz CT molecular complexity index is 814. The van der Waals surface area contributed by atoms with Crippen molar-refractivity contribution in [1.82, 2.24) is 20.2 Å². The van der Waals surface area contributed by atoms with E-state index in [0.717, 1.165) is 11.1 Å². The van der Waals surface area contributed by atoms with Crippen LogP contribution < -0.4 is 5.32 Å². The largest absolute Gasteiger partial charge is 0.350 e. The first kappa shape index (κ1) is 20.6. The average molecular weight is 409 g/mol. The third-order valence-electron chi connectivity index (χ3n) is 5.06. The van der Waals surface area contributed by atoms with Crippen LogP contribution in [0.25, 0.3) is 0 Å². The molecule has 5 nitrogen and oxygen atoms in total. The van der Waals surface area contributed by atoms with Gasteiger partial charge in [-0.2, -0.15) is 0 Å². The van der Waals surface area contributed by atoms with E-state index in [1.165, 1.54) is 0 Å². The molecule has 1 aliphatic rings. The number of halogens is 3. The van der Waals surface area contributed by atoms with Gasteiger partial charge in [0.25, 0.3) is 11.8 Å². The first-order valence-electron chi connectivity index (χ1n) is 9.20. The van der Waals surface area contributed by atoms with Crippen molar-refractivity contribution in [2.45, 2.75) is 38.7 Å². The Balaban J connectivity index is 1.77. The number of hydrogen-bond acceptors (Lipinski definition) is 4. The number of aromatic nitrogens is 2. The van der Waals surface area contributed by atoms with Gasteiger partial charge in [0.1, 0.15) is 5.82 Å². The van der Waals surface area contributed by atoms with Crippen molar-refractivity contribution >= 4 is 17.5 Å². The van der Waals surface area contributed by atoms with Gasteiger partial charge in [-0.25, -0.2) is 18.7 Å². The maximum Gasteiger partial charge on any atom is 0.253 e. The number of nitrogens with one attached hydrogen (secondary N) is 1. The lowest BCUT2D eigenvalue weighted by atomic mass is 10.0. The number of alkyl halides is 2. The third-order valence-corrected chi connectivity index (χ3v) is 5.38. The summed E-state index contributed by atoms with van der Waals surface area (Å²) >= 11 is 6.18. The van der Waals surface area contributed by atoms with E-state index in [1.54, 1.807) is 31.5 Å². The maximum atomic E-state index is 13.6. The monoisotopic (exact) mass is 408 g/mol. The number of carbonyl (C=O) groups excluding carboxylic acids is 1. The molecule has 0 bridgehead atoms. The summed E-state index contributed by atoms with van der Waals surface area (Å²) in [7, 11) is 0. The van der Waals surface area contributed by atoms with Crippen LogP contribution in [-0.2, 0) is 0 Å². The van der Waals surface area contributed by atoms with Gasteiger partial charge in [-0.1, -0.05) is 23.7 Å². The minimum Gasteiger partial charge on any atom is -0.350 e. The predicted molar refractivity (Wildman–Crippen MR) is 104 cm³/mol. The summed E-state index contributed by atoms with van der Waals surface area (Å²) in [5.74, 6) is -2.30. The number of likely N-dealkylation sites (tertiary alicyclic amines) is 1. The zero-order chi connectivity index (χ0) is 20.3. The molecule has 3 rings (SSSR count). The molecule has 1 fully saturated rings. The highest BCUT2D eigenvalue weighted by molar-refractivity contribution is 6.34. The molecule has 1 amide bonds. The van der Waals surface area contributed by atoms with Gasteiger partial charge in [0.05, 0.1) is 16.6 Å². The summed E-state index contributed by atoms with van der Waals surface area (Å²) in [6.45, 7) is 4.33. The van der Waals surface area contributed by atoms with Crippen molar-refractivity contribution in [2.75, 3.05) is 19.6 Å². The Morgan fingerprint density at radius 3 is 2.50 bits per heavy atom. The van der Waals surface area contributed by atoms with Crippen molar-refractivity contribution in [1.29, 1.82) is 0 Å². The van der Waals surface area contributed by atoms with E-state index in [1.807, 2.05) is 17.9 Å². The molecular formula is C20H23ClF2N4O. The van der Waals surface area contributed by atoms with Crippen molar-refractivity contribution in [3.05, 3.63) is 58.1 Å². The lowest BCUT2D eigenvalue weighted by Crippen LogP contribution is -2.45. The zero-order valence-corrected chi connectivity index (χ0v) is 16.6. The number of benzene rings is 1. The molecular weight excluding hydrogens is 386 g/mol. The van der Waals surface area contributed by atoms with Crippen LogP contribution in [0.5, 0.6) is 0 Å². The van der Waals surface area contributed by atoms with Crippen LogP contribution in [-0.4, -0.2) is 46.3 Å². The topological polar surface area (TPSA) is 58.1 Å². The van der Waals surface area contributed by atoms with Crippen LogP contribution in [0, 0.1) is 13.8 Å². The third kappa shape index (κ3) is 4.83. The van der Waals surface area contributed by atoms with Crippen molar-refractivity contribution in [2.24, 2.45) is 0 Å². The molecule has 8 heteroatoms. The first-order chi connectivity index (χ1) is 13.3. The summed E-state index contributed by atoms with van der Waals surface area (Å²) in [6.07, 6.45) is 2.97. The highest BCUT2D eigenvalue weighted by Gasteiger charge is 2.36. The van der Waals surface area contributed by atoms with Crippen molar-refractivity contribution < 1.29 is 13.6 Å². The van der Waals surface area contributed by atoms with E-state index in [4.69, 9.17) is 11.6 Å². The van der Waals surface area contributed by atoms with Gasteiger partial charge in [0, 0.05) is 50.4 Å². The van der Waals surface area contributed by atoms with Gasteiger partial charge < -0.3 is 5.32 Å². The fraction of sp³-hybridized carbons (Fsp3) is 0.450. The summed E-state index contributed by atoms with van der Waals surface area (Å²) in [5.41, 5.74) is 1.98. The van der Waals surface area contributed by atoms with Gasteiger partial charge in [-0.15, -0.1) is 0 Å². The number of hydrogen-bond donors (Lipinski definition) is 1. The molecule has 1 atom stereocenters. The van der Waals surface area contributed by atoms with Gasteiger partial charge in [-0.05, 0) is 25.5 Å². The second-order valence-corrected chi connectivity index (χ2v) is 7.52. The van der Waals surface area contributed by atoms with Crippen LogP contribution >= 0.6 is 11.6 Å². The molecule has 1 aromatic carbocycles. The molecule has 28 heavy (non-hydrogen) atoms. The minimum atomic E-state index is -2.64. The van der Waals surface area contributed by atoms with E-state index < -0.39 is 5.92 Å². The molecule has 1 aliphatic heterocycles. The van der Waals surface area contributed by atoms with E-state index >= 15 is 0 Å². The normalized spacial score (nSPS) is 17.9. The second-order valence-electron chi connectivity index (χ2n) is 7.11. The standard InChI is InChI=1S/C20H23ClF2N4O/c1-13-4-3-5-16(21)18(13)19(28)26-12-17(15-10-24-14(2)25-11-15)27-8-6-20(22,23)7-9-27/h3-5,10-11,17H,6-9,12H2,1-2H3,(H,26,28). The smallest absolute Gasteiger partial charge is 0.253 e. The predicted octanol–water partition coefficient (Wildman–Crippen LogP) is 3.95. The van der Waals surface area contributed by atoms with Gasteiger partial charge >= 0.3 is 0 Å². The Morgan fingerprint density at radius 2 is 1.89 bits per heavy atom. The van der Waals surface area contributed by atoms with E-state index in [-0.39, 0.29) is 44.4 Å². The Labute approximate surface area is 168 Å². The molecule has 1 saturated heterocycles. The highest BCUT2D eigenvalue weighted by atomic mass is 35.5. The Morgan fingerprint density at radius 1 is 1.25 bits per heavy atom. The van der Waals surface area contributed by atoms with Crippen LogP contribution in [0.1, 0.15) is 46.2 Å². The molecule has 150 valence electrons. The highest BCUT2D eigenvalue weighted by Crippen LogP contribution is 2.32. The molecule has 2 aromatic rings. The van der Waals surface area contributed by atoms with Crippen LogP contribution in [0.2, 0.25) is 5.02 Å². The van der Waals surface area contributed by atoms with Crippen LogP contribution in [0.15, 0.2) is 30.6 Å². The number of rotatable bonds is 5. The average Bonchev–Trinajstić information content (AvgIpc) is 2.64. The number of amides is 1.